The van der Waals surface area contributed by atoms with E-state index in [1.807, 2.05) is 37.3 Å². The summed E-state index contributed by atoms with van der Waals surface area (Å²) in [5.41, 5.74) is 0.784. The molecular weight excluding hydrogens is 344 g/mol. The maximum atomic E-state index is 12.8. The molecule has 0 aliphatic carbocycles. The molecule has 1 amide bonds. The zero-order valence-electron chi connectivity index (χ0n) is 15.6. The van der Waals surface area contributed by atoms with Gasteiger partial charge >= 0.3 is 5.69 Å². The lowest BCUT2D eigenvalue weighted by atomic mass is 9.93. The predicted octanol–water partition coefficient (Wildman–Crippen LogP) is 2.15. The number of amides is 1. The second-order valence-corrected chi connectivity index (χ2v) is 6.54. The number of aromatic nitrogens is 3. The molecular formula is C20H22N4O3. The van der Waals surface area contributed by atoms with Crippen molar-refractivity contribution < 1.29 is 4.79 Å². The molecule has 0 radical (unpaired) electrons. The maximum absolute atomic E-state index is 12.8. The van der Waals surface area contributed by atoms with E-state index in [-0.39, 0.29) is 22.9 Å². The second-order valence-electron chi connectivity index (χ2n) is 6.54. The zero-order chi connectivity index (χ0) is 19.6. The van der Waals surface area contributed by atoms with E-state index in [4.69, 9.17) is 0 Å². The Balaban J connectivity index is 1.97. The Morgan fingerprint density at radius 2 is 1.85 bits per heavy atom. The van der Waals surface area contributed by atoms with Crippen molar-refractivity contribution in [3.8, 4) is 0 Å². The van der Waals surface area contributed by atoms with E-state index in [9.17, 15) is 14.4 Å². The molecule has 27 heavy (non-hydrogen) atoms. The molecule has 0 unspecified atom stereocenters. The third-order valence-electron chi connectivity index (χ3n) is 4.66. The molecule has 0 aliphatic heterocycles. The molecule has 2 aromatic heterocycles. The van der Waals surface area contributed by atoms with Gasteiger partial charge in [-0.2, -0.15) is 0 Å². The SMILES string of the molecule is CCC[C@@H](C(=O)Nc1cnc2c(c1)c(=O)n(C)c(=O)n2C)c1ccccc1. The molecule has 3 aromatic rings. The van der Waals surface area contributed by atoms with Gasteiger partial charge in [-0.15, -0.1) is 0 Å². The van der Waals surface area contributed by atoms with Gasteiger partial charge in [-0.25, -0.2) is 9.78 Å². The lowest BCUT2D eigenvalue weighted by Crippen LogP contribution is -2.37. The second kappa shape index (κ2) is 7.57. The number of fused-ring (bicyclic) bond motifs is 1. The minimum Gasteiger partial charge on any atom is -0.324 e. The summed E-state index contributed by atoms with van der Waals surface area (Å²) in [4.78, 5) is 41.4. The van der Waals surface area contributed by atoms with Crippen LogP contribution in [0, 0.1) is 0 Å². The van der Waals surface area contributed by atoms with Crippen LogP contribution in [-0.2, 0) is 18.9 Å². The first-order chi connectivity index (χ1) is 12.9. The van der Waals surface area contributed by atoms with Gasteiger partial charge in [-0.3, -0.25) is 18.7 Å². The van der Waals surface area contributed by atoms with E-state index >= 15 is 0 Å². The van der Waals surface area contributed by atoms with Crippen LogP contribution in [0.3, 0.4) is 0 Å². The van der Waals surface area contributed by atoms with Gasteiger partial charge < -0.3 is 5.32 Å². The molecule has 0 saturated heterocycles. The van der Waals surface area contributed by atoms with Crippen LogP contribution in [-0.4, -0.2) is 20.0 Å². The van der Waals surface area contributed by atoms with Crippen LogP contribution in [0.25, 0.3) is 11.0 Å². The highest BCUT2D eigenvalue weighted by atomic mass is 16.2. The molecule has 0 spiro atoms. The monoisotopic (exact) mass is 366 g/mol. The lowest BCUT2D eigenvalue weighted by molar-refractivity contribution is -0.117. The number of rotatable bonds is 5. The minimum atomic E-state index is -0.441. The summed E-state index contributed by atoms with van der Waals surface area (Å²) >= 11 is 0. The van der Waals surface area contributed by atoms with E-state index in [1.54, 1.807) is 13.1 Å². The Morgan fingerprint density at radius 1 is 1.15 bits per heavy atom. The standard InChI is InChI=1S/C20H22N4O3/c1-4-8-15(13-9-6-5-7-10-13)18(25)22-14-11-16-17(21-12-14)23(2)20(27)24(3)19(16)26/h5-7,9-12,15H,4,8H2,1-3H3,(H,22,25)/t15-/m1/s1. The Morgan fingerprint density at radius 3 is 2.52 bits per heavy atom. The normalized spacial score (nSPS) is 12.1. The number of carbonyl (C=O) groups excluding carboxylic acids is 1. The number of hydrogen-bond acceptors (Lipinski definition) is 4. The fourth-order valence-electron chi connectivity index (χ4n) is 3.19. The molecule has 0 saturated carbocycles. The molecule has 1 atom stereocenters. The first-order valence-electron chi connectivity index (χ1n) is 8.85. The van der Waals surface area contributed by atoms with Crippen LogP contribution in [0.5, 0.6) is 0 Å². The number of benzene rings is 1. The van der Waals surface area contributed by atoms with Gasteiger partial charge in [0.05, 0.1) is 23.2 Å². The summed E-state index contributed by atoms with van der Waals surface area (Å²) in [5, 5.41) is 3.14. The predicted molar refractivity (Wildman–Crippen MR) is 105 cm³/mol. The third kappa shape index (κ3) is 3.53. The first-order valence-corrected chi connectivity index (χ1v) is 8.85. The van der Waals surface area contributed by atoms with Crippen molar-refractivity contribution in [2.24, 2.45) is 14.1 Å². The Bertz CT molecular complexity index is 1100. The minimum absolute atomic E-state index is 0.147. The largest absolute Gasteiger partial charge is 0.332 e. The topological polar surface area (TPSA) is 86.0 Å². The van der Waals surface area contributed by atoms with Gasteiger partial charge in [-0.1, -0.05) is 43.7 Å². The van der Waals surface area contributed by atoms with Crippen molar-refractivity contribution in [2.75, 3.05) is 5.32 Å². The molecule has 7 heteroatoms. The van der Waals surface area contributed by atoms with Crippen molar-refractivity contribution >= 4 is 22.6 Å². The van der Waals surface area contributed by atoms with Gasteiger partial charge in [0.2, 0.25) is 5.91 Å². The van der Waals surface area contributed by atoms with Crippen molar-refractivity contribution in [1.82, 2.24) is 14.1 Å². The molecule has 2 heterocycles. The number of nitrogens with one attached hydrogen (secondary N) is 1. The zero-order valence-corrected chi connectivity index (χ0v) is 15.6. The van der Waals surface area contributed by atoms with Crippen molar-refractivity contribution in [2.45, 2.75) is 25.7 Å². The van der Waals surface area contributed by atoms with Gasteiger partial charge in [0.1, 0.15) is 5.65 Å². The molecule has 0 bridgehead atoms. The third-order valence-corrected chi connectivity index (χ3v) is 4.66. The number of aryl methyl sites for hydroxylation is 1. The van der Waals surface area contributed by atoms with Crippen molar-refractivity contribution in [3.63, 3.8) is 0 Å². The van der Waals surface area contributed by atoms with Crippen molar-refractivity contribution in [3.05, 3.63) is 69.0 Å². The number of pyridine rings is 1. The van der Waals surface area contributed by atoms with E-state index in [0.717, 1.165) is 16.6 Å². The molecule has 3 rings (SSSR count). The quantitative estimate of drug-likeness (QED) is 0.750. The highest BCUT2D eigenvalue weighted by molar-refractivity contribution is 5.97. The molecule has 1 N–H and O–H groups in total. The van der Waals surface area contributed by atoms with Gasteiger partial charge in [0, 0.05) is 14.1 Å². The van der Waals surface area contributed by atoms with Crippen LogP contribution >= 0.6 is 0 Å². The maximum Gasteiger partial charge on any atom is 0.332 e. The summed E-state index contributed by atoms with van der Waals surface area (Å²) in [6.07, 6.45) is 3.05. The van der Waals surface area contributed by atoms with Crippen LogP contribution in [0.4, 0.5) is 5.69 Å². The lowest BCUT2D eigenvalue weighted by Gasteiger charge is -2.17. The number of hydrogen-bond donors (Lipinski definition) is 1. The highest BCUT2D eigenvalue weighted by Gasteiger charge is 2.20. The van der Waals surface area contributed by atoms with E-state index in [0.29, 0.717) is 12.1 Å². The fourth-order valence-corrected chi connectivity index (χ4v) is 3.19. The van der Waals surface area contributed by atoms with E-state index in [1.165, 1.54) is 17.8 Å². The van der Waals surface area contributed by atoms with Crippen LogP contribution in [0.1, 0.15) is 31.2 Å². The highest BCUT2D eigenvalue weighted by Crippen LogP contribution is 2.23. The van der Waals surface area contributed by atoms with Crippen LogP contribution in [0.15, 0.2) is 52.2 Å². The summed E-state index contributed by atoms with van der Waals surface area (Å²) in [7, 11) is 2.98. The first kappa shape index (κ1) is 18.6. The van der Waals surface area contributed by atoms with E-state index in [2.05, 4.69) is 10.3 Å². The van der Waals surface area contributed by atoms with Crippen LogP contribution in [0.2, 0.25) is 0 Å². The van der Waals surface area contributed by atoms with Gasteiger partial charge in [0.15, 0.2) is 0 Å². The summed E-state index contributed by atoms with van der Waals surface area (Å²) in [5.74, 6) is -0.430. The molecule has 0 aliphatic rings. The van der Waals surface area contributed by atoms with Gasteiger partial charge in [0.25, 0.3) is 5.56 Å². The average Bonchev–Trinajstić information content (AvgIpc) is 2.69. The summed E-state index contributed by atoms with van der Waals surface area (Å²) < 4.78 is 2.34. The summed E-state index contributed by atoms with van der Waals surface area (Å²) in [6, 6.07) is 11.2. The van der Waals surface area contributed by atoms with Crippen LogP contribution < -0.4 is 16.6 Å². The average molecular weight is 366 g/mol. The Kier molecular flexibility index (Phi) is 5.21. The molecule has 1 aromatic carbocycles. The molecule has 7 nitrogen and oxygen atoms in total. The smallest absolute Gasteiger partial charge is 0.324 e. The molecule has 140 valence electrons. The van der Waals surface area contributed by atoms with E-state index < -0.39 is 11.2 Å². The fraction of sp³-hybridized carbons (Fsp3) is 0.300. The number of anilines is 1. The number of carbonyl (C=O) groups is 1. The Hall–Kier alpha value is -3.22. The van der Waals surface area contributed by atoms with Gasteiger partial charge in [-0.05, 0) is 18.1 Å². The van der Waals surface area contributed by atoms with Crippen molar-refractivity contribution in [1.29, 1.82) is 0 Å². The molecule has 0 fully saturated rings. The summed E-state index contributed by atoms with van der Waals surface area (Å²) in [6.45, 7) is 2.03. The number of nitrogens with zero attached hydrogens (tertiary/aromatic N) is 3. The Labute approximate surface area is 156 Å².